The van der Waals surface area contributed by atoms with E-state index >= 15 is 0 Å². The lowest BCUT2D eigenvalue weighted by Crippen LogP contribution is -2.00. The summed E-state index contributed by atoms with van der Waals surface area (Å²) in [4.78, 5) is 9.60. The summed E-state index contributed by atoms with van der Waals surface area (Å²) in [5.41, 5.74) is 9.45. The maximum Gasteiger partial charge on any atom is 0.131 e. The summed E-state index contributed by atoms with van der Waals surface area (Å²) in [5, 5.41) is 0.956. The van der Waals surface area contributed by atoms with Gasteiger partial charge < -0.3 is 5.73 Å². The third-order valence-corrected chi connectivity index (χ3v) is 4.05. The fraction of sp³-hybridized carbons (Fsp3) is 0.286. The summed E-state index contributed by atoms with van der Waals surface area (Å²) in [7, 11) is 0. The Morgan fingerprint density at radius 2 is 2.00 bits per heavy atom. The first-order valence-electron chi connectivity index (χ1n) is 5.96. The van der Waals surface area contributed by atoms with Gasteiger partial charge in [-0.2, -0.15) is 0 Å². The Labute approximate surface area is 112 Å². The monoisotopic (exact) mass is 259 g/mol. The van der Waals surface area contributed by atoms with Crippen molar-refractivity contribution in [3.05, 3.63) is 41.2 Å². The van der Waals surface area contributed by atoms with Gasteiger partial charge in [0.15, 0.2) is 0 Å². The van der Waals surface area contributed by atoms with Crippen LogP contribution in [0.5, 0.6) is 0 Å². The van der Waals surface area contributed by atoms with Crippen molar-refractivity contribution in [1.82, 2.24) is 9.97 Å². The van der Waals surface area contributed by atoms with Crippen LogP contribution >= 0.6 is 11.8 Å². The third-order valence-electron chi connectivity index (χ3n) is 2.83. The molecule has 0 saturated carbocycles. The predicted octanol–water partition coefficient (Wildman–Crippen LogP) is 3.39. The summed E-state index contributed by atoms with van der Waals surface area (Å²) in [6.45, 7) is 6.29. The summed E-state index contributed by atoms with van der Waals surface area (Å²) < 4.78 is 0. The molecular weight excluding hydrogens is 242 g/mol. The zero-order valence-electron chi connectivity index (χ0n) is 10.9. The van der Waals surface area contributed by atoms with Crippen molar-refractivity contribution in [2.24, 2.45) is 0 Å². The van der Waals surface area contributed by atoms with Gasteiger partial charge >= 0.3 is 0 Å². The van der Waals surface area contributed by atoms with E-state index in [0.29, 0.717) is 5.82 Å². The Kier molecular flexibility index (Phi) is 3.87. The van der Waals surface area contributed by atoms with Crippen LogP contribution in [0, 0.1) is 13.8 Å². The number of aromatic nitrogens is 2. The number of aryl methyl sites for hydroxylation is 2. The molecule has 94 valence electrons. The maximum absolute atomic E-state index is 5.88. The molecule has 0 spiro atoms. The normalized spacial score (nSPS) is 10.6. The molecule has 1 heterocycles. The van der Waals surface area contributed by atoms with Crippen molar-refractivity contribution < 1.29 is 0 Å². The average molecular weight is 259 g/mol. The summed E-state index contributed by atoms with van der Waals surface area (Å²) in [6, 6.07) is 6.43. The Hall–Kier alpha value is -1.55. The van der Waals surface area contributed by atoms with Gasteiger partial charge in [-0.25, -0.2) is 9.97 Å². The number of nitrogen functional groups attached to an aromatic ring is 1. The molecule has 0 atom stereocenters. The van der Waals surface area contributed by atoms with Gasteiger partial charge in [-0.15, -0.1) is 0 Å². The molecule has 1 aromatic heterocycles. The first-order chi connectivity index (χ1) is 8.61. The zero-order valence-corrected chi connectivity index (χ0v) is 11.7. The minimum Gasteiger partial charge on any atom is -0.383 e. The standard InChI is InChI=1S/C14H17N3S/c1-4-11-13(15)16-8-17-14(11)18-12-6-5-9(2)7-10(12)3/h5-8H,4H2,1-3H3,(H2,15,16,17). The quantitative estimate of drug-likeness (QED) is 0.858. The zero-order chi connectivity index (χ0) is 13.1. The highest BCUT2D eigenvalue weighted by molar-refractivity contribution is 7.99. The van der Waals surface area contributed by atoms with Crippen LogP contribution in [0.25, 0.3) is 0 Å². The van der Waals surface area contributed by atoms with Crippen molar-refractivity contribution in [3.8, 4) is 0 Å². The van der Waals surface area contributed by atoms with Gasteiger partial charge in [0.25, 0.3) is 0 Å². The van der Waals surface area contributed by atoms with E-state index in [1.54, 1.807) is 11.8 Å². The number of hydrogen-bond donors (Lipinski definition) is 1. The van der Waals surface area contributed by atoms with Gasteiger partial charge in [0, 0.05) is 10.5 Å². The van der Waals surface area contributed by atoms with Crippen molar-refractivity contribution in [2.45, 2.75) is 37.1 Å². The van der Waals surface area contributed by atoms with Crippen LogP contribution in [-0.2, 0) is 6.42 Å². The molecule has 18 heavy (non-hydrogen) atoms. The highest BCUT2D eigenvalue weighted by atomic mass is 32.2. The van der Waals surface area contributed by atoms with Crippen LogP contribution in [0.1, 0.15) is 23.6 Å². The average Bonchev–Trinajstić information content (AvgIpc) is 2.33. The third kappa shape index (κ3) is 2.64. The number of nitrogens with two attached hydrogens (primary N) is 1. The first kappa shape index (κ1) is 12.9. The fourth-order valence-electron chi connectivity index (χ4n) is 1.85. The second-order valence-corrected chi connectivity index (χ2v) is 5.30. The van der Waals surface area contributed by atoms with Crippen molar-refractivity contribution >= 4 is 17.6 Å². The minimum absolute atomic E-state index is 0.583. The lowest BCUT2D eigenvalue weighted by Gasteiger charge is -2.10. The lowest BCUT2D eigenvalue weighted by molar-refractivity contribution is 0.952. The van der Waals surface area contributed by atoms with Crippen LogP contribution in [0.3, 0.4) is 0 Å². The molecule has 2 rings (SSSR count). The summed E-state index contributed by atoms with van der Waals surface area (Å²) in [5.74, 6) is 0.583. The molecule has 0 bridgehead atoms. The highest BCUT2D eigenvalue weighted by Crippen LogP contribution is 2.32. The molecule has 4 heteroatoms. The van der Waals surface area contributed by atoms with E-state index in [9.17, 15) is 0 Å². The first-order valence-corrected chi connectivity index (χ1v) is 6.78. The molecule has 3 nitrogen and oxygen atoms in total. The topological polar surface area (TPSA) is 51.8 Å². The molecule has 0 aliphatic heterocycles. The van der Waals surface area contributed by atoms with E-state index in [0.717, 1.165) is 17.0 Å². The largest absolute Gasteiger partial charge is 0.383 e. The molecule has 0 amide bonds. The fourth-order valence-corrected chi connectivity index (χ4v) is 2.88. The maximum atomic E-state index is 5.88. The number of hydrogen-bond acceptors (Lipinski definition) is 4. The smallest absolute Gasteiger partial charge is 0.131 e. The molecule has 0 radical (unpaired) electrons. The van der Waals surface area contributed by atoms with Crippen molar-refractivity contribution in [2.75, 3.05) is 5.73 Å². The van der Waals surface area contributed by atoms with Crippen molar-refractivity contribution in [1.29, 1.82) is 0 Å². The molecule has 1 aromatic carbocycles. The van der Waals surface area contributed by atoms with Gasteiger partial charge in [0.1, 0.15) is 17.2 Å². The van der Waals surface area contributed by atoms with Crippen LogP contribution < -0.4 is 5.73 Å². The molecule has 0 aliphatic carbocycles. The van der Waals surface area contributed by atoms with Crippen LogP contribution in [0.15, 0.2) is 34.4 Å². The van der Waals surface area contributed by atoms with E-state index in [2.05, 4.69) is 48.9 Å². The van der Waals surface area contributed by atoms with Crippen LogP contribution in [0.4, 0.5) is 5.82 Å². The lowest BCUT2D eigenvalue weighted by atomic mass is 10.2. The van der Waals surface area contributed by atoms with Crippen LogP contribution in [-0.4, -0.2) is 9.97 Å². The molecule has 0 fully saturated rings. The van der Waals surface area contributed by atoms with Gasteiger partial charge in [-0.3, -0.25) is 0 Å². The Balaban J connectivity index is 2.37. The van der Waals surface area contributed by atoms with E-state index in [4.69, 9.17) is 5.73 Å². The molecular formula is C14H17N3S. The van der Waals surface area contributed by atoms with Gasteiger partial charge in [-0.05, 0) is 31.9 Å². The van der Waals surface area contributed by atoms with E-state index < -0.39 is 0 Å². The summed E-state index contributed by atoms with van der Waals surface area (Å²) in [6.07, 6.45) is 2.38. The molecule has 2 N–H and O–H groups in total. The van der Waals surface area contributed by atoms with Gasteiger partial charge in [-0.1, -0.05) is 36.4 Å². The minimum atomic E-state index is 0.583. The molecule has 2 aromatic rings. The second kappa shape index (κ2) is 5.40. The Morgan fingerprint density at radius 3 is 2.67 bits per heavy atom. The number of benzene rings is 1. The second-order valence-electron chi connectivity index (χ2n) is 4.27. The van der Waals surface area contributed by atoms with E-state index in [1.165, 1.54) is 22.3 Å². The van der Waals surface area contributed by atoms with Crippen molar-refractivity contribution in [3.63, 3.8) is 0 Å². The van der Waals surface area contributed by atoms with Crippen LogP contribution in [0.2, 0.25) is 0 Å². The SMILES string of the molecule is CCc1c(N)ncnc1Sc1ccc(C)cc1C. The molecule has 0 saturated heterocycles. The predicted molar refractivity (Wildman–Crippen MR) is 75.9 cm³/mol. The number of rotatable bonds is 3. The molecule has 0 unspecified atom stereocenters. The van der Waals surface area contributed by atoms with E-state index in [1.807, 2.05) is 0 Å². The van der Waals surface area contributed by atoms with Gasteiger partial charge in [0.05, 0.1) is 0 Å². The van der Waals surface area contributed by atoms with Gasteiger partial charge in [0.2, 0.25) is 0 Å². The summed E-state index contributed by atoms with van der Waals surface area (Å²) >= 11 is 1.66. The highest BCUT2D eigenvalue weighted by Gasteiger charge is 2.10. The molecule has 0 aliphatic rings. The Bertz CT molecular complexity index is 567. The van der Waals surface area contributed by atoms with E-state index in [-0.39, 0.29) is 0 Å². The number of nitrogens with zero attached hydrogens (tertiary/aromatic N) is 2. The number of anilines is 1. The Morgan fingerprint density at radius 1 is 1.22 bits per heavy atom.